The summed E-state index contributed by atoms with van der Waals surface area (Å²) in [6.45, 7) is 5.58. The van der Waals surface area contributed by atoms with Crippen LogP contribution in [0.3, 0.4) is 0 Å². The number of aliphatic hydroxyl groups is 1. The van der Waals surface area contributed by atoms with E-state index in [2.05, 4.69) is 11.9 Å². The van der Waals surface area contributed by atoms with Crippen molar-refractivity contribution in [1.29, 1.82) is 0 Å². The molecule has 174 valence electrons. The highest BCUT2D eigenvalue weighted by atomic mass is 16.3. The van der Waals surface area contributed by atoms with E-state index in [-0.39, 0.29) is 70.6 Å². The van der Waals surface area contributed by atoms with E-state index in [0.717, 1.165) is 0 Å². The molecule has 1 amide bonds. The highest BCUT2D eigenvalue weighted by Crippen LogP contribution is 2.51. The van der Waals surface area contributed by atoms with Crippen molar-refractivity contribution < 1.29 is 24.6 Å². The van der Waals surface area contributed by atoms with E-state index in [9.17, 15) is 24.6 Å². The topological polar surface area (TPSA) is 133 Å². The van der Waals surface area contributed by atoms with Crippen molar-refractivity contribution in [3.63, 3.8) is 0 Å². The number of carbonyl (C=O) groups is 3. The van der Waals surface area contributed by atoms with Gasteiger partial charge in [0.25, 0.3) is 0 Å². The molecule has 1 aromatic carbocycles. The number of phenolic OH excluding ortho intramolecular Hbond substituents is 1. The van der Waals surface area contributed by atoms with Crippen LogP contribution >= 0.6 is 0 Å². The van der Waals surface area contributed by atoms with Gasteiger partial charge in [-0.1, -0.05) is 12.2 Å². The molecule has 0 spiro atoms. The molecular formula is C25H29N3O5. The number of allylic oxidation sites excluding steroid dienone is 4. The number of nitrogens with one attached hydrogen (secondary N) is 1. The number of phenols is 1. The highest BCUT2D eigenvalue weighted by Gasteiger charge is 2.48. The highest BCUT2D eigenvalue weighted by molar-refractivity contribution is 6.16. The summed E-state index contributed by atoms with van der Waals surface area (Å²) < 4.78 is 0. The second-order valence-corrected chi connectivity index (χ2v) is 9.49. The summed E-state index contributed by atoms with van der Waals surface area (Å²) in [4.78, 5) is 40.9. The van der Waals surface area contributed by atoms with Crippen LogP contribution in [0.1, 0.15) is 35.7 Å². The number of anilines is 1. The summed E-state index contributed by atoms with van der Waals surface area (Å²) >= 11 is 0. The summed E-state index contributed by atoms with van der Waals surface area (Å²) in [5.74, 6) is -1.95. The maximum atomic E-state index is 13.6. The zero-order chi connectivity index (χ0) is 24.2. The first kappa shape index (κ1) is 22.8. The number of benzene rings is 1. The number of rotatable bonds is 4. The van der Waals surface area contributed by atoms with E-state index in [0.29, 0.717) is 35.2 Å². The van der Waals surface area contributed by atoms with Gasteiger partial charge in [0.2, 0.25) is 5.91 Å². The Kier molecular flexibility index (Phi) is 5.66. The van der Waals surface area contributed by atoms with Gasteiger partial charge in [0.1, 0.15) is 11.5 Å². The first-order valence-corrected chi connectivity index (χ1v) is 11.0. The Balaban J connectivity index is 1.77. The Morgan fingerprint density at radius 3 is 2.58 bits per heavy atom. The number of ketones is 2. The van der Waals surface area contributed by atoms with Crippen molar-refractivity contribution in [2.75, 3.05) is 26.0 Å². The van der Waals surface area contributed by atoms with Gasteiger partial charge in [0.05, 0.1) is 17.7 Å². The minimum Gasteiger partial charge on any atom is -0.511 e. The van der Waals surface area contributed by atoms with Gasteiger partial charge in [0.15, 0.2) is 11.6 Å². The van der Waals surface area contributed by atoms with E-state index in [1.165, 1.54) is 6.07 Å². The molecule has 0 radical (unpaired) electrons. The van der Waals surface area contributed by atoms with Crippen LogP contribution in [0, 0.1) is 17.8 Å². The fraction of sp³-hybridized carbons (Fsp3) is 0.400. The monoisotopic (exact) mass is 451 g/mol. The number of amides is 1. The number of nitrogens with zero attached hydrogens (tertiary/aromatic N) is 1. The smallest absolute Gasteiger partial charge is 0.238 e. The Morgan fingerprint density at radius 1 is 1.24 bits per heavy atom. The van der Waals surface area contributed by atoms with Crippen molar-refractivity contribution >= 4 is 23.2 Å². The first-order valence-electron chi connectivity index (χ1n) is 11.0. The summed E-state index contributed by atoms with van der Waals surface area (Å²) in [7, 11) is 3.57. The molecule has 0 saturated heterocycles. The van der Waals surface area contributed by atoms with Crippen LogP contribution in [-0.4, -0.2) is 53.2 Å². The Morgan fingerprint density at radius 2 is 1.94 bits per heavy atom. The van der Waals surface area contributed by atoms with Crippen LogP contribution in [-0.2, 0) is 16.0 Å². The molecule has 3 atom stereocenters. The fourth-order valence-corrected chi connectivity index (χ4v) is 5.69. The maximum absolute atomic E-state index is 13.6. The largest absolute Gasteiger partial charge is 0.511 e. The standard InChI is InChI=1S/C25H29N3O5/c1-11-20-13(7-14-9-18(30)22(12(2)26)24(32)21(11)14)8-15-16(27-19(31)10-28(3)4)5-6-17(29)23(15)25(20)33/h5-6,13-14,21,29-30H,2,7-10,26H2,1,3-4H3,(H,27,31). The summed E-state index contributed by atoms with van der Waals surface area (Å²) in [6.07, 6.45) is 1.26. The van der Waals surface area contributed by atoms with Crippen molar-refractivity contribution in [3.8, 4) is 5.75 Å². The molecule has 8 heteroatoms. The first-order chi connectivity index (χ1) is 15.5. The van der Waals surface area contributed by atoms with Crippen LogP contribution in [0.2, 0.25) is 0 Å². The number of aromatic hydroxyl groups is 1. The van der Waals surface area contributed by atoms with Crippen LogP contribution in [0.4, 0.5) is 5.69 Å². The van der Waals surface area contributed by atoms with Gasteiger partial charge in [-0.05, 0) is 63.4 Å². The maximum Gasteiger partial charge on any atom is 0.238 e. The normalized spacial score (nSPS) is 24.4. The third kappa shape index (κ3) is 3.74. The quantitative estimate of drug-likeness (QED) is 0.517. The van der Waals surface area contributed by atoms with Crippen molar-refractivity contribution in [3.05, 3.63) is 58.0 Å². The lowest BCUT2D eigenvalue weighted by Gasteiger charge is -2.42. The second kappa shape index (κ2) is 8.19. The van der Waals surface area contributed by atoms with Gasteiger partial charge >= 0.3 is 0 Å². The molecule has 5 N–H and O–H groups in total. The fourth-order valence-electron chi connectivity index (χ4n) is 5.69. The Bertz CT molecular complexity index is 1160. The molecule has 4 rings (SSSR count). The van der Waals surface area contributed by atoms with E-state index in [1.807, 2.05) is 0 Å². The predicted molar refractivity (Wildman–Crippen MR) is 124 cm³/mol. The molecule has 8 nitrogen and oxygen atoms in total. The molecule has 0 aliphatic heterocycles. The van der Waals surface area contributed by atoms with Gasteiger partial charge in [-0.2, -0.15) is 0 Å². The van der Waals surface area contributed by atoms with Gasteiger partial charge in [-0.25, -0.2) is 0 Å². The number of hydrogen-bond donors (Lipinski definition) is 4. The van der Waals surface area contributed by atoms with E-state index >= 15 is 0 Å². The third-order valence-electron chi connectivity index (χ3n) is 6.90. The SMILES string of the molecule is C=C(N)C1=C(O)CC2CC3Cc4c(NC(=O)CN(C)C)ccc(O)c4C(=O)C3=C(C)C2C1=O. The van der Waals surface area contributed by atoms with Crippen LogP contribution in [0.15, 0.2) is 46.9 Å². The summed E-state index contributed by atoms with van der Waals surface area (Å²) in [6, 6.07) is 3.02. The predicted octanol–water partition coefficient (Wildman–Crippen LogP) is 2.46. The number of Topliss-reactive ketones (excluding diaryl/α,β-unsaturated/α-hetero) is 2. The molecule has 0 heterocycles. The minimum atomic E-state index is -0.557. The molecule has 3 aliphatic rings. The number of fused-ring (bicyclic) bond motifs is 3. The molecule has 33 heavy (non-hydrogen) atoms. The molecule has 0 fully saturated rings. The van der Waals surface area contributed by atoms with E-state index < -0.39 is 5.92 Å². The number of hydrogen-bond acceptors (Lipinski definition) is 7. The summed E-state index contributed by atoms with van der Waals surface area (Å²) in [5.41, 5.74) is 8.30. The molecule has 0 bridgehead atoms. The van der Waals surface area contributed by atoms with Crippen molar-refractivity contribution in [1.82, 2.24) is 4.90 Å². The van der Waals surface area contributed by atoms with Crippen molar-refractivity contribution in [2.45, 2.75) is 26.2 Å². The van der Waals surface area contributed by atoms with Gasteiger partial charge in [-0.3, -0.25) is 14.4 Å². The number of nitrogens with two attached hydrogens (primary N) is 1. The Labute approximate surface area is 192 Å². The van der Waals surface area contributed by atoms with Crippen LogP contribution in [0.5, 0.6) is 5.75 Å². The van der Waals surface area contributed by atoms with Gasteiger partial charge < -0.3 is 26.2 Å². The number of carbonyl (C=O) groups excluding carboxylic acids is 3. The summed E-state index contributed by atoms with van der Waals surface area (Å²) in [5, 5.41) is 23.8. The Hall–Kier alpha value is -3.39. The lowest BCUT2D eigenvalue weighted by atomic mass is 9.60. The zero-order valence-electron chi connectivity index (χ0n) is 19.1. The average molecular weight is 452 g/mol. The number of aliphatic hydroxyl groups excluding tert-OH is 1. The number of likely N-dealkylation sites (N-methyl/N-ethyl adjacent to an activating group) is 1. The lowest BCUT2D eigenvalue weighted by Crippen LogP contribution is -2.41. The minimum absolute atomic E-state index is 0.0203. The molecule has 0 aromatic heterocycles. The van der Waals surface area contributed by atoms with E-state index in [1.54, 1.807) is 32.0 Å². The molecule has 3 unspecified atom stereocenters. The van der Waals surface area contributed by atoms with Crippen molar-refractivity contribution in [2.24, 2.45) is 23.5 Å². The molecular weight excluding hydrogens is 422 g/mol. The van der Waals surface area contributed by atoms with Crippen LogP contribution in [0.25, 0.3) is 0 Å². The zero-order valence-corrected chi connectivity index (χ0v) is 19.1. The third-order valence-corrected chi connectivity index (χ3v) is 6.90. The van der Waals surface area contributed by atoms with Gasteiger partial charge in [0, 0.05) is 29.3 Å². The second-order valence-electron chi connectivity index (χ2n) is 9.49. The average Bonchev–Trinajstić information content (AvgIpc) is 2.68. The lowest BCUT2D eigenvalue weighted by molar-refractivity contribution is -0.121. The van der Waals surface area contributed by atoms with E-state index in [4.69, 9.17) is 5.73 Å². The molecule has 1 aromatic rings. The van der Waals surface area contributed by atoms with Gasteiger partial charge in [-0.15, -0.1) is 0 Å². The molecule has 0 saturated carbocycles. The van der Waals surface area contributed by atoms with Crippen LogP contribution < -0.4 is 11.1 Å². The molecule has 3 aliphatic carbocycles.